The lowest BCUT2D eigenvalue weighted by Gasteiger charge is -2.20. The van der Waals surface area contributed by atoms with Crippen LogP contribution in [0, 0.1) is 13.8 Å². The van der Waals surface area contributed by atoms with Gasteiger partial charge in [0.15, 0.2) is 0 Å². The van der Waals surface area contributed by atoms with Gasteiger partial charge < -0.3 is 19.0 Å². The van der Waals surface area contributed by atoms with E-state index in [4.69, 9.17) is 20.4 Å². The van der Waals surface area contributed by atoms with Crippen LogP contribution >= 0.6 is 11.6 Å². The van der Waals surface area contributed by atoms with Crippen LogP contribution in [0.3, 0.4) is 0 Å². The first kappa shape index (κ1) is 21.8. The first-order valence-corrected chi connectivity index (χ1v) is 10.9. The van der Waals surface area contributed by atoms with E-state index in [1.807, 2.05) is 13.8 Å². The van der Waals surface area contributed by atoms with Crippen molar-refractivity contribution in [3.05, 3.63) is 114 Å². The predicted molar refractivity (Wildman–Crippen MR) is 130 cm³/mol. The van der Waals surface area contributed by atoms with Gasteiger partial charge in [0, 0.05) is 5.02 Å². The first-order chi connectivity index (χ1) is 16.3. The topological polar surface area (TPSA) is 101 Å². The molecule has 0 radical (unpaired) electrons. The Balaban J connectivity index is 1.92. The molecule has 2 heterocycles. The van der Waals surface area contributed by atoms with Crippen LogP contribution in [-0.4, -0.2) is 10.2 Å². The van der Waals surface area contributed by atoms with E-state index in [-0.39, 0.29) is 49.6 Å². The van der Waals surface area contributed by atoms with Crippen LogP contribution < -0.4 is 11.3 Å². The van der Waals surface area contributed by atoms with Gasteiger partial charge in [0.25, 0.3) is 0 Å². The summed E-state index contributed by atoms with van der Waals surface area (Å²) in [5, 5.41) is 23.3. The third kappa shape index (κ3) is 3.43. The monoisotopic (exact) mass is 474 g/mol. The maximum absolute atomic E-state index is 13.2. The van der Waals surface area contributed by atoms with E-state index in [2.05, 4.69) is 0 Å². The van der Waals surface area contributed by atoms with Gasteiger partial charge in [-0.1, -0.05) is 41.9 Å². The Hall–Kier alpha value is -4.03. The van der Waals surface area contributed by atoms with Crippen LogP contribution in [0.1, 0.15) is 33.7 Å². The summed E-state index contributed by atoms with van der Waals surface area (Å²) in [5.74, 6) is -1.98. The molecule has 0 amide bonds. The Morgan fingerprint density at radius 3 is 1.68 bits per heavy atom. The molecule has 34 heavy (non-hydrogen) atoms. The molecule has 0 saturated carbocycles. The molecule has 0 aliphatic carbocycles. The summed E-state index contributed by atoms with van der Waals surface area (Å²) in [6, 6.07) is 16.6. The highest BCUT2D eigenvalue weighted by molar-refractivity contribution is 6.31. The van der Waals surface area contributed by atoms with Crippen LogP contribution in [-0.2, 0) is 0 Å². The van der Waals surface area contributed by atoms with Gasteiger partial charge >= 0.3 is 11.3 Å². The van der Waals surface area contributed by atoms with Gasteiger partial charge in [0.1, 0.15) is 22.7 Å². The molecule has 0 saturated heterocycles. The number of halogens is 1. The van der Waals surface area contributed by atoms with Crippen molar-refractivity contribution in [2.45, 2.75) is 19.8 Å². The normalized spacial score (nSPS) is 11.5. The van der Waals surface area contributed by atoms with Crippen molar-refractivity contribution in [3.63, 3.8) is 0 Å². The van der Waals surface area contributed by atoms with Crippen LogP contribution in [0.15, 0.2) is 79.1 Å². The van der Waals surface area contributed by atoms with E-state index >= 15 is 0 Å². The van der Waals surface area contributed by atoms with Gasteiger partial charge in [0.05, 0.1) is 27.8 Å². The minimum atomic E-state index is -1.25. The summed E-state index contributed by atoms with van der Waals surface area (Å²) in [5.41, 5.74) is 0.252. The fourth-order valence-electron chi connectivity index (χ4n) is 4.29. The minimum absolute atomic E-state index is 0.203. The van der Waals surface area contributed by atoms with Crippen LogP contribution in [0.25, 0.3) is 21.9 Å². The molecule has 5 rings (SSSR count). The minimum Gasteiger partial charge on any atom is -0.507 e. The zero-order valence-corrected chi connectivity index (χ0v) is 19.0. The molecule has 5 aromatic rings. The van der Waals surface area contributed by atoms with Crippen LogP contribution in [0.5, 0.6) is 11.5 Å². The second-order valence-corrected chi connectivity index (χ2v) is 8.66. The smallest absolute Gasteiger partial charge is 0.344 e. The Labute approximate surface area is 198 Å². The first-order valence-electron chi connectivity index (χ1n) is 10.5. The molecule has 0 aliphatic rings. The maximum atomic E-state index is 13.2. The largest absolute Gasteiger partial charge is 0.507 e. The summed E-state index contributed by atoms with van der Waals surface area (Å²) in [6.45, 7) is 3.66. The standard InChI is InChI=1S/C27H19ClO6/c1-13-7-9-16-19(11-13)33-26(31)22(24(16)29)21(15-5-3-4-6-18(15)28)23-25(30)17-10-8-14(2)12-20(17)34-27(23)32/h3-12,21,29-30H,1-2H3. The highest BCUT2D eigenvalue weighted by atomic mass is 35.5. The third-order valence-corrected chi connectivity index (χ3v) is 6.28. The summed E-state index contributed by atoms with van der Waals surface area (Å²) in [6.07, 6.45) is 0. The number of hydrogen-bond acceptors (Lipinski definition) is 6. The van der Waals surface area contributed by atoms with Gasteiger partial charge in [0.2, 0.25) is 0 Å². The van der Waals surface area contributed by atoms with Crippen molar-refractivity contribution < 1.29 is 19.0 Å². The molecule has 0 unspecified atom stereocenters. The zero-order chi connectivity index (χ0) is 24.1. The summed E-state index contributed by atoms with van der Waals surface area (Å²) >= 11 is 6.48. The van der Waals surface area contributed by atoms with E-state index < -0.39 is 17.2 Å². The van der Waals surface area contributed by atoms with Crippen molar-refractivity contribution >= 4 is 33.5 Å². The molecule has 170 valence electrons. The van der Waals surface area contributed by atoms with E-state index in [1.165, 1.54) is 0 Å². The Bertz CT molecular complexity index is 1610. The number of fused-ring (bicyclic) bond motifs is 2. The van der Waals surface area contributed by atoms with Crippen LogP contribution in [0.2, 0.25) is 5.02 Å². The summed E-state index contributed by atoms with van der Waals surface area (Å²) < 4.78 is 11.1. The molecule has 0 spiro atoms. The van der Waals surface area contributed by atoms with Crippen molar-refractivity contribution in [1.29, 1.82) is 0 Å². The molecule has 3 aromatic carbocycles. The van der Waals surface area contributed by atoms with E-state index in [9.17, 15) is 19.8 Å². The maximum Gasteiger partial charge on any atom is 0.344 e. The molecule has 0 bridgehead atoms. The molecule has 0 atom stereocenters. The van der Waals surface area contributed by atoms with Gasteiger partial charge in [-0.2, -0.15) is 0 Å². The Morgan fingerprint density at radius 1 is 0.735 bits per heavy atom. The highest BCUT2D eigenvalue weighted by Crippen LogP contribution is 2.43. The molecule has 2 N–H and O–H groups in total. The molecule has 2 aromatic heterocycles. The molecule has 0 aliphatic heterocycles. The summed E-state index contributed by atoms with van der Waals surface area (Å²) in [4.78, 5) is 26.4. The van der Waals surface area contributed by atoms with Crippen LogP contribution in [0.4, 0.5) is 0 Å². The summed E-state index contributed by atoms with van der Waals surface area (Å²) in [7, 11) is 0. The van der Waals surface area contributed by atoms with Crippen molar-refractivity contribution in [2.75, 3.05) is 0 Å². The molecule has 6 nitrogen and oxygen atoms in total. The van der Waals surface area contributed by atoms with Crippen molar-refractivity contribution in [3.8, 4) is 11.5 Å². The SMILES string of the molecule is Cc1ccc2c(O)c(C(c3ccccc3Cl)c3c(O)c4ccc(C)cc4oc3=O)c(=O)oc2c1. The average Bonchev–Trinajstić information content (AvgIpc) is 2.78. The lowest BCUT2D eigenvalue weighted by Crippen LogP contribution is -2.21. The van der Waals surface area contributed by atoms with Gasteiger partial charge in [-0.3, -0.25) is 0 Å². The van der Waals surface area contributed by atoms with Crippen molar-refractivity contribution in [2.24, 2.45) is 0 Å². The second-order valence-electron chi connectivity index (χ2n) is 8.26. The quantitative estimate of drug-likeness (QED) is 0.322. The number of benzene rings is 3. The molecule has 7 heteroatoms. The molecular formula is C27H19ClO6. The lowest BCUT2D eigenvalue weighted by atomic mass is 9.84. The van der Waals surface area contributed by atoms with Gasteiger partial charge in [-0.25, -0.2) is 9.59 Å². The van der Waals surface area contributed by atoms with E-state index in [0.717, 1.165) is 11.1 Å². The predicted octanol–water partition coefficient (Wildman–Crippen LogP) is 5.76. The number of aromatic hydroxyl groups is 2. The number of hydrogen-bond donors (Lipinski definition) is 2. The Kier molecular flexibility index (Phi) is 5.18. The van der Waals surface area contributed by atoms with Gasteiger partial charge in [-0.15, -0.1) is 0 Å². The number of rotatable bonds is 3. The van der Waals surface area contributed by atoms with E-state index in [0.29, 0.717) is 5.56 Å². The van der Waals surface area contributed by atoms with Gasteiger partial charge in [-0.05, 0) is 60.9 Å². The highest BCUT2D eigenvalue weighted by Gasteiger charge is 2.33. The fraction of sp³-hybridized carbons (Fsp3) is 0.111. The number of aryl methyl sites for hydroxylation is 2. The average molecular weight is 475 g/mol. The zero-order valence-electron chi connectivity index (χ0n) is 18.3. The second kappa shape index (κ2) is 8.08. The third-order valence-electron chi connectivity index (χ3n) is 5.93. The fourth-order valence-corrected chi connectivity index (χ4v) is 4.53. The van der Waals surface area contributed by atoms with Crippen molar-refractivity contribution in [1.82, 2.24) is 0 Å². The molecule has 0 fully saturated rings. The lowest BCUT2D eigenvalue weighted by molar-refractivity contribution is 0.441. The van der Waals surface area contributed by atoms with E-state index in [1.54, 1.807) is 60.7 Å². The molecular weight excluding hydrogens is 456 g/mol. The Morgan fingerprint density at radius 2 is 1.21 bits per heavy atom.